The molecule has 0 spiro atoms. The number of benzene rings is 1. The van der Waals surface area contributed by atoms with Crippen molar-refractivity contribution < 1.29 is 0 Å². The van der Waals surface area contributed by atoms with Crippen LogP contribution >= 0.6 is 34.5 Å². The Balaban J connectivity index is 1.76. The minimum absolute atomic E-state index is 0.580. The summed E-state index contributed by atoms with van der Waals surface area (Å²) in [6.45, 7) is 0.580. The number of fused-ring (bicyclic) bond motifs is 1. The van der Waals surface area contributed by atoms with E-state index < -0.39 is 0 Å². The van der Waals surface area contributed by atoms with Crippen LogP contribution in [0.15, 0.2) is 54.3 Å². The van der Waals surface area contributed by atoms with Gasteiger partial charge in [-0.3, -0.25) is 4.98 Å². The topological polar surface area (TPSA) is 50.7 Å². The van der Waals surface area contributed by atoms with Gasteiger partial charge in [0.25, 0.3) is 0 Å². The Morgan fingerprint density at radius 3 is 2.72 bits per heavy atom. The van der Waals surface area contributed by atoms with Crippen LogP contribution in [0, 0.1) is 0 Å². The fourth-order valence-corrected chi connectivity index (χ4v) is 4.01. The average molecular weight is 387 g/mol. The monoisotopic (exact) mass is 386 g/mol. The molecule has 0 aliphatic rings. The van der Waals surface area contributed by atoms with Gasteiger partial charge in [-0.05, 0) is 24.3 Å². The summed E-state index contributed by atoms with van der Waals surface area (Å²) in [7, 11) is 0. The Morgan fingerprint density at radius 2 is 1.92 bits per heavy atom. The summed E-state index contributed by atoms with van der Waals surface area (Å²) >= 11 is 14.0. The van der Waals surface area contributed by atoms with Gasteiger partial charge in [-0.15, -0.1) is 11.3 Å². The summed E-state index contributed by atoms with van der Waals surface area (Å²) in [6.07, 6.45) is 3.34. The minimum Gasteiger partial charge on any atom is -0.364 e. The van der Waals surface area contributed by atoms with E-state index >= 15 is 0 Å². The van der Waals surface area contributed by atoms with Crippen LogP contribution < -0.4 is 5.32 Å². The minimum atomic E-state index is 0.580. The summed E-state index contributed by atoms with van der Waals surface area (Å²) < 4.78 is 0. The largest absolute Gasteiger partial charge is 0.364 e. The molecule has 0 atom stereocenters. The fourth-order valence-electron chi connectivity index (χ4n) is 2.59. The van der Waals surface area contributed by atoms with Crippen molar-refractivity contribution in [2.24, 2.45) is 0 Å². The predicted octanol–water partition coefficient (Wildman–Crippen LogP) is 5.67. The van der Waals surface area contributed by atoms with E-state index in [1.165, 1.54) is 0 Å². The molecule has 7 heteroatoms. The van der Waals surface area contributed by atoms with Gasteiger partial charge in [0.1, 0.15) is 17.0 Å². The number of nitrogens with one attached hydrogen (secondary N) is 1. The lowest BCUT2D eigenvalue weighted by molar-refractivity contribution is 1.03. The van der Waals surface area contributed by atoms with Crippen molar-refractivity contribution in [3.8, 4) is 11.1 Å². The van der Waals surface area contributed by atoms with Crippen molar-refractivity contribution in [1.82, 2.24) is 15.0 Å². The molecule has 3 aromatic heterocycles. The lowest BCUT2D eigenvalue weighted by atomic mass is 10.1. The van der Waals surface area contributed by atoms with Crippen LogP contribution in [-0.2, 0) is 6.54 Å². The van der Waals surface area contributed by atoms with Crippen LogP contribution in [0.2, 0.25) is 10.0 Å². The summed E-state index contributed by atoms with van der Waals surface area (Å²) in [5.74, 6) is 0.762. The molecule has 25 heavy (non-hydrogen) atoms. The summed E-state index contributed by atoms with van der Waals surface area (Å²) in [6, 6.07) is 11.3. The Bertz CT molecular complexity index is 1030. The molecule has 0 radical (unpaired) electrons. The second-order valence-electron chi connectivity index (χ2n) is 5.35. The van der Waals surface area contributed by atoms with Gasteiger partial charge in [0.2, 0.25) is 0 Å². The van der Waals surface area contributed by atoms with Gasteiger partial charge >= 0.3 is 0 Å². The number of nitrogens with zero attached hydrogens (tertiary/aromatic N) is 3. The van der Waals surface area contributed by atoms with Gasteiger partial charge in [-0.25, -0.2) is 9.97 Å². The Kier molecular flexibility index (Phi) is 4.53. The first-order valence-electron chi connectivity index (χ1n) is 7.54. The molecule has 0 amide bonds. The van der Waals surface area contributed by atoms with E-state index in [1.54, 1.807) is 29.9 Å². The third kappa shape index (κ3) is 3.31. The second-order valence-corrected chi connectivity index (χ2v) is 7.05. The maximum atomic E-state index is 6.40. The highest BCUT2D eigenvalue weighted by molar-refractivity contribution is 7.17. The smallest absolute Gasteiger partial charge is 0.139 e. The number of anilines is 1. The Morgan fingerprint density at radius 1 is 1.00 bits per heavy atom. The van der Waals surface area contributed by atoms with Gasteiger partial charge in [0, 0.05) is 32.7 Å². The summed E-state index contributed by atoms with van der Waals surface area (Å²) in [5, 5.41) is 7.56. The van der Waals surface area contributed by atoms with Crippen molar-refractivity contribution in [2.45, 2.75) is 6.54 Å². The lowest BCUT2D eigenvalue weighted by Crippen LogP contribution is -2.03. The molecule has 124 valence electrons. The van der Waals surface area contributed by atoms with E-state index in [0.717, 1.165) is 32.9 Å². The first-order chi connectivity index (χ1) is 12.2. The van der Waals surface area contributed by atoms with Crippen LogP contribution in [-0.4, -0.2) is 15.0 Å². The lowest BCUT2D eigenvalue weighted by Gasteiger charge is -2.09. The number of thiophene rings is 1. The van der Waals surface area contributed by atoms with E-state index in [1.807, 2.05) is 35.7 Å². The van der Waals surface area contributed by atoms with Gasteiger partial charge in [-0.1, -0.05) is 35.3 Å². The Labute approximate surface area is 158 Å². The summed E-state index contributed by atoms with van der Waals surface area (Å²) in [5.41, 5.74) is 2.84. The molecule has 4 aromatic rings. The molecule has 0 saturated heterocycles. The molecular weight excluding hydrogens is 375 g/mol. The number of halogens is 2. The maximum Gasteiger partial charge on any atom is 0.139 e. The zero-order valence-electron chi connectivity index (χ0n) is 12.9. The third-order valence-corrected chi connectivity index (χ3v) is 5.19. The quantitative estimate of drug-likeness (QED) is 0.490. The van der Waals surface area contributed by atoms with Crippen LogP contribution in [0.25, 0.3) is 21.3 Å². The van der Waals surface area contributed by atoms with Crippen molar-refractivity contribution in [1.29, 1.82) is 0 Å². The Hall–Kier alpha value is -2.21. The summed E-state index contributed by atoms with van der Waals surface area (Å²) in [4.78, 5) is 14.0. The van der Waals surface area contributed by atoms with E-state index in [2.05, 4.69) is 20.3 Å². The second kappa shape index (κ2) is 6.96. The van der Waals surface area contributed by atoms with Crippen molar-refractivity contribution >= 4 is 50.6 Å². The number of hydrogen-bond donors (Lipinski definition) is 1. The normalized spacial score (nSPS) is 11.0. The van der Waals surface area contributed by atoms with Crippen LogP contribution in [0.4, 0.5) is 5.82 Å². The van der Waals surface area contributed by atoms with Crippen molar-refractivity contribution in [3.63, 3.8) is 0 Å². The SMILES string of the molecule is Clc1ccc(-c2csc3ncnc(NCc4ccccn4)c23)c(Cl)c1. The van der Waals surface area contributed by atoms with Gasteiger partial charge < -0.3 is 5.32 Å². The van der Waals surface area contributed by atoms with Crippen molar-refractivity contribution in [2.75, 3.05) is 5.32 Å². The first-order valence-corrected chi connectivity index (χ1v) is 9.17. The van der Waals surface area contributed by atoms with Crippen LogP contribution in [0.1, 0.15) is 5.69 Å². The zero-order chi connectivity index (χ0) is 17.2. The molecule has 1 aromatic carbocycles. The number of hydrogen-bond acceptors (Lipinski definition) is 5. The van der Waals surface area contributed by atoms with E-state index in [0.29, 0.717) is 16.6 Å². The first kappa shape index (κ1) is 16.3. The van der Waals surface area contributed by atoms with Crippen LogP contribution in [0.5, 0.6) is 0 Å². The molecule has 0 fully saturated rings. The van der Waals surface area contributed by atoms with Gasteiger partial charge in [0.15, 0.2) is 0 Å². The number of rotatable bonds is 4. The standard InChI is InChI=1S/C18H12Cl2N4S/c19-11-4-5-13(15(20)7-11)14-9-25-18-16(14)17(23-10-24-18)22-8-12-3-1-2-6-21-12/h1-7,9-10H,8H2,(H,22,23,24). The highest BCUT2D eigenvalue weighted by atomic mass is 35.5. The van der Waals surface area contributed by atoms with E-state index in [9.17, 15) is 0 Å². The maximum absolute atomic E-state index is 6.40. The molecule has 0 saturated carbocycles. The average Bonchev–Trinajstić information content (AvgIpc) is 3.05. The molecule has 0 unspecified atom stereocenters. The molecule has 4 nitrogen and oxygen atoms in total. The number of aromatic nitrogens is 3. The molecule has 1 N–H and O–H groups in total. The van der Waals surface area contributed by atoms with Crippen LogP contribution in [0.3, 0.4) is 0 Å². The molecule has 4 rings (SSSR count). The molecular formula is C18H12Cl2N4S. The molecule has 0 aliphatic heterocycles. The molecule has 3 heterocycles. The van der Waals surface area contributed by atoms with Gasteiger partial charge in [0.05, 0.1) is 17.6 Å². The highest BCUT2D eigenvalue weighted by Crippen LogP contribution is 2.40. The third-order valence-electron chi connectivity index (χ3n) is 3.75. The highest BCUT2D eigenvalue weighted by Gasteiger charge is 2.15. The van der Waals surface area contributed by atoms with Crippen molar-refractivity contribution in [3.05, 3.63) is 70.0 Å². The fraction of sp³-hybridized carbons (Fsp3) is 0.0556. The van der Waals surface area contributed by atoms with E-state index in [-0.39, 0.29) is 0 Å². The van der Waals surface area contributed by atoms with E-state index in [4.69, 9.17) is 23.2 Å². The molecule has 0 bridgehead atoms. The molecule has 0 aliphatic carbocycles. The zero-order valence-corrected chi connectivity index (χ0v) is 15.2. The van der Waals surface area contributed by atoms with Gasteiger partial charge in [-0.2, -0.15) is 0 Å². The number of pyridine rings is 1. The predicted molar refractivity (Wildman–Crippen MR) is 104 cm³/mol.